The van der Waals surface area contributed by atoms with E-state index in [1.165, 1.54) is 0 Å². The SMILES string of the molecule is CC1(C)NN1CO. The van der Waals surface area contributed by atoms with Gasteiger partial charge in [0, 0.05) is 0 Å². The minimum Gasteiger partial charge on any atom is -0.380 e. The van der Waals surface area contributed by atoms with Crippen molar-refractivity contribution >= 4 is 0 Å². The van der Waals surface area contributed by atoms with Gasteiger partial charge in [-0.15, -0.1) is 0 Å². The van der Waals surface area contributed by atoms with Crippen LogP contribution in [0.3, 0.4) is 0 Å². The highest BCUT2D eigenvalue weighted by atomic mass is 16.3. The lowest BCUT2D eigenvalue weighted by atomic mass is 10.3. The molecule has 1 unspecified atom stereocenters. The summed E-state index contributed by atoms with van der Waals surface area (Å²) < 4.78 is 0. The van der Waals surface area contributed by atoms with Crippen LogP contribution in [-0.4, -0.2) is 22.5 Å². The van der Waals surface area contributed by atoms with E-state index >= 15 is 0 Å². The fraction of sp³-hybridized carbons (Fsp3) is 1.00. The lowest BCUT2D eigenvalue weighted by Crippen LogP contribution is -2.09. The van der Waals surface area contributed by atoms with Crippen LogP contribution in [0.25, 0.3) is 0 Å². The van der Waals surface area contributed by atoms with E-state index in [4.69, 9.17) is 5.11 Å². The number of hydrazine groups is 1. The third kappa shape index (κ3) is 0.748. The Bertz CT molecular complexity index is 81.8. The van der Waals surface area contributed by atoms with Gasteiger partial charge in [0.15, 0.2) is 0 Å². The molecule has 0 radical (unpaired) electrons. The monoisotopic (exact) mass is 102 g/mol. The van der Waals surface area contributed by atoms with Crippen LogP contribution in [0.2, 0.25) is 0 Å². The Hall–Kier alpha value is -0.120. The minimum absolute atomic E-state index is 0.0503. The topological polar surface area (TPSA) is 45.2 Å². The lowest BCUT2D eigenvalue weighted by molar-refractivity contribution is 0.174. The Morgan fingerprint density at radius 3 is 2.14 bits per heavy atom. The zero-order valence-electron chi connectivity index (χ0n) is 4.60. The Morgan fingerprint density at radius 1 is 1.71 bits per heavy atom. The van der Waals surface area contributed by atoms with Gasteiger partial charge in [0.1, 0.15) is 6.73 Å². The van der Waals surface area contributed by atoms with E-state index in [1.54, 1.807) is 5.01 Å². The van der Waals surface area contributed by atoms with E-state index < -0.39 is 0 Å². The number of hydrogen-bond donors (Lipinski definition) is 2. The second-order valence-corrected chi connectivity index (χ2v) is 2.24. The van der Waals surface area contributed by atoms with Gasteiger partial charge in [0.2, 0.25) is 0 Å². The van der Waals surface area contributed by atoms with E-state index in [-0.39, 0.29) is 12.4 Å². The minimum atomic E-state index is 0.0503. The fourth-order valence-electron chi connectivity index (χ4n) is 0.517. The van der Waals surface area contributed by atoms with Gasteiger partial charge in [-0.05, 0) is 13.8 Å². The molecular weight excluding hydrogens is 92.1 g/mol. The van der Waals surface area contributed by atoms with E-state index in [1.807, 2.05) is 13.8 Å². The van der Waals surface area contributed by atoms with Crippen LogP contribution in [0.4, 0.5) is 0 Å². The molecule has 1 atom stereocenters. The van der Waals surface area contributed by atoms with Gasteiger partial charge in [-0.25, -0.2) is 5.43 Å². The van der Waals surface area contributed by atoms with Crippen molar-refractivity contribution in [2.45, 2.75) is 19.5 Å². The predicted molar refractivity (Wildman–Crippen MR) is 26.1 cm³/mol. The van der Waals surface area contributed by atoms with Gasteiger partial charge >= 0.3 is 0 Å². The number of aliphatic hydroxyl groups is 1. The maximum atomic E-state index is 8.41. The molecule has 2 N–H and O–H groups in total. The van der Waals surface area contributed by atoms with Crippen molar-refractivity contribution in [3.63, 3.8) is 0 Å². The first-order valence-corrected chi connectivity index (χ1v) is 2.33. The molecular formula is C4H10N2O. The van der Waals surface area contributed by atoms with E-state index in [0.29, 0.717) is 0 Å². The zero-order valence-corrected chi connectivity index (χ0v) is 4.60. The molecule has 1 aliphatic rings. The molecule has 0 aliphatic carbocycles. The van der Waals surface area contributed by atoms with Crippen LogP contribution in [0.1, 0.15) is 13.8 Å². The molecule has 0 saturated carbocycles. The summed E-state index contributed by atoms with van der Waals surface area (Å²) in [5.41, 5.74) is 2.99. The molecule has 1 saturated heterocycles. The van der Waals surface area contributed by atoms with E-state index in [0.717, 1.165) is 0 Å². The van der Waals surface area contributed by atoms with Crippen molar-refractivity contribution in [1.29, 1.82) is 0 Å². The maximum absolute atomic E-state index is 8.41. The highest BCUT2D eigenvalue weighted by Crippen LogP contribution is 2.20. The Labute approximate surface area is 42.9 Å². The highest BCUT2D eigenvalue weighted by molar-refractivity contribution is 4.85. The first-order valence-electron chi connectivity index (χ1n) is 2.33. The van der Waals surface area contributed by atoms with Gasteiger partial charge in [-0.2, -0.15) is 5.01 Å². The molecule has 0 aromatic rings. The van der Waals surface area contributed by atoms with Crippen molar-refractivity contribution in [3.8, 4) is 0 Å². The number of hydrogen-bond acceptors (Lipinski definition) is 3. The molecule has 0 amide bonds. The molecule has 1 heterocycles. The predicted octanol–water partition coefficient (Wildman–Crippen LogP) is -0.508. The van der Waals surface area contributed by atoms with Gasteiger partial charge in [-0.1, -0.05) is 0 Å². The number of nitrogens with zero attached hydrogens (tertiary/aromatic N) is 1. The van der Waals surface area contributed by atoms with Crippen LogP contribution >= 0.6 is 0 Å². The van der Waals surface area contributed by atoms with Gasteiger partial charge in [0.05, 0.1) is 5.66 Å². The largest absolute Gasteiger partial charge is 0.380 e. The number of aliphatic hydroxyl groups excluding tert-OH is 1. The average Bonchev–Trinajstić information content (AvgIpc) is 2.13. The summed E-state index contributed by atoms with van der Waals surface area (Å²) in [7, 11) is 0. The molecule has 1 aliphatic heterocycles. The normalized spacial score (nSPS) is 35.6. The lowest BCUT2D eigenvalue weighted by Gasteiger charge is -1.93. The maximum Gasteiger partial charge on any atom is 0.110 e. The second kappa shape index (κ2) is 1.18. The molecule has 3 heteroatoms. The third-order valence-corrected chi connectivity index (χ3v) is 1.17. The molecule has 1 rings (SSSR count). The van der Waals surface area contributed by atoms with Gasteiger partial charge in [0.25, 0.3) is 0 Å². The summed E-state index contributed by atoms with van der Waals surface area (Å²) in [6.07, 6.45) is 0. The van der Waals surface area contributed by atoms with E-state index in [9.17, 15) is 0 Å². The van der Waals surface area contributed by atoms with Crippen LogP contribution in [0.15, 0.2) is 0 Å². The summed E-state index contributed by atoms with van der Waals surface area (Å²) in [6.45, 7) is 4.11. The molecule has 7 heavy (non-hydrogen) atoms. The smallest absolute Gasteiger partial charge is 0.110 e. The van der Waals surface area contributed by atoms with Crippen molar-refractivity contribution in [1.82, 2.24) is 10.4 Å². The molecule has 0 bridgehead atoms. The second-order valence-electron chi connectivity index (χ2n) is 2.24. The molecule has 42 valence electrons. The summed E-state index contributed by atoms with van der Waals surface area (Å²) in [4.78, 5) is 0. The summed E-state index contributed by atoms with van der Waals surface area (Å²) in [6, 6.07) is 0. The molecule has 0 spiro atoms. The van der Waals surface area contributed by atoms with Crippen molar-refractivity contribution in [2.75, 3.05) is 6.73 Å². The quantitative estimate of drug-likeness (QED) is 0.438. The van der Waals surface area contributed by atoms with Crippen LogP contribution in [-0.2, 0) is 0 Å². The molecule has 3 nitrogen and oxygen atoms in total. The molecule has 0 aromatic heterocycles. The Kier molecular flexibility index (Phi) is 0.849. The fourth-order valence-corrected chi connectivity index (χ4v) is 0.517. The summed E-state index contributed by atoms with van der Waals surface area (Å²) >= 11 is 0. The van der Waals surface area contributed by atoms with Crippen molar-refractivity contribution in [2.24, 2.45) is 0 Å². The highest BCUT2D eigenvalue weighted by Gasteiger charge is 2.41. The number of nitrogens with one attached hydrogen (secondary N) is 1. The average molecular weight is 102 g/mol. The van der Waals surface area contributed by atoms with Gasteiger partial charge < -0.3 is 5.11 Å². The third-order valence-electron chi connectivity index (χ3n) is 1.17. The standard InChI is InChI=1S/C4H10N2O/c1-4(2)5-6(4)3-7/h5,7H,3H2,1-2H3. The first kappa shape index (κ1) is 5.03. The van der Waals surface area contributed by atoms with Crippen LogP contribution < -0.4 is 5.43 Å². The molecule has 0 aromatic carbocycles. The Morgan fingerprint density at radius 2 is 2.14 bits per heavy atom. The van der Waals surface area contributed by atoms with Crippen LogP contribution in [0, 0.1) is 0 Å². The summed E-state index contributed by atoms with van der Waals surface area (Å²) in [5, 5.41) is 10.1. The first-order chi connectivity index (χ1) is 3.17. The van der Waals surface area contributed by atoms with Crippen molar-refractivity contribution in [3.05, 3.63) is 0 Å². The van der Waals surface area contributed by atoms with Gasteiger partial charge in [-0.3, -0.25) is 0 Å². The van der Waals surface area contributed by atoms with E-state index in [2.05, 4.69) is 5.43 Å². The zero-order chi connectivity index (χ0) is 5.49. The van der Waals surface area contributed by atoms with Crippen molar-refractivity contribution < 1.29 is 5.11 Å². The summed E-state index contributed by atoms with van der Waals surface area (Å²) in [5.74, 6) is 0. The Balaban J connectivity index is 2.30. The molecule has 1 fully saturated rings. The number of rotatable bonds is 1. The van der Waals surface area contributed by atoms with Crippen LogP contribution in [0.5, 0.6) is 0 Å².